The van der Waals surface area contributed by atoms with Gasteiger partial charge >= 0.3 is 0 Å². The molecule has 0 fully saturated rings. The van der Waals surface area contributed by atoms with Crippen LogP contribution in [0.3, 0.4) is 0 Å². The minimum atomic E-state index is -0.276. The van der Waals surface area contributed by atoms with Crippen LogP contribution >= 0.6 is 15.9 Å². The Hall–Kier alpha value is -1.75. The minimum absolute atomic E-state index is 0.276. The normalized spacial score (nSPS) is 10.2. The Morgan fingerprint density at radius 2 is 1.90 bits per heavy atom. The van der Waals surface area contributed by atoms with Crippen LogP contribution in [0.4, 0.5) is 10.1 Å². The highest BCUT2D eigenvalue weighted by molar-refractivity contribution is 9.10. The Morgan fingerprint density at radius 1 is 1.10 bits per heavy atom. The van der Waals surface area contributed by atoms with E-state index in [1.54, 1.807) is 20.3 Å². The fraction of sp³-hybridized carbons (Fsp3) is 0.200. The summed E-state index contributed by atoms with van der Waals surface area (Å²) in [5, 5.41) is 3.23. The van der Waals surface area contributed by atoms with E-state index in [9.17, 15) is 4.39 Å². The predicted octanol–water partition coefficient (Wildman–Crippen LogP) is 4.22. The molecule has 0 aliphatic heterocycles. The van der Waals surface area contributed by atoms with Crippen molar-refractivity contribution in [2.75, 3.05) is 19.5 Å². The predicted molar refractivity (Wildman–Crippen MR) is 81.0 cm³/mol. The third kappa shape index (κ3) is 3.42. The first-order chi connectivity index (χ1) is 9.63. The Balaban J connectivity index is 2.17. The van der Waals surface area contributed by atoms with E-state index in [-0.39, 0.29) is 5.82 Å². The van der Waals surface area contributed by atoms with Gasteiger partial charge in [-0.25, -0.2) is 4.39 Å². The minimum Gasteiger partial charge on any atom is -0.497 e. The van der Waals surface area contributed by atoms with Gasteiger partial charge < -0.3 is 14.8 Å². The lowest BCUT2D eigenvalue weighted by molar-refractivity contribution is 0.399. The van der Waals surface area contributed by atoms with Crippen molar-refractivity contribution in [3.63, 3.8) is 0 Å². The van der Waals surface area contributed by atoms with E-state index >= 15 is 0 Å². The lowest BCUT2D eigenvalue weighted by atomic mass is 10.2. The Kier molecular flexibility index (Phi) is 4.84. The van der Waals surface area contributed by atoms with Gasteiger partial charge in [0.2, 0.25) is 0 Å². The molecule has 2 rings (SSSR count). The Morgan fingerprint density at radius 3 is 2.55 bits per heavy atom. The lowest BCUT2D eigenvalue weighted by Crippen LogP contribution is -2.03. The highest BCUT2D eigenvalue weighted by atomic mass is 79.9. The number of ether oxygens (including phenoxy) is 2. The summed E-state index contributed by atoms with van der Waals surface area (Å²) in [4.78, 5) is 0. The molecule has 0 saturated heterocycles. The number of benzene rings is 2. The van der Waals surface area contributed by atoms with Gasteiger partial charge in [-0.1, -0.05) is 0 Å². The van der Waals surface area contributed by atoms with Crippen LogP contribution < -0.4 is 14.8 Å². The van der Waals surface area contributed by atoms with Crippen LogP contribution in [0.5, 0.6) is 11.5 Å². The van der Waals surface area contributed by atoms with E-state index in [4.69, 9.17) is 9.47 Å². The van der Waals surface area contributed by atoms with Gasteiger partial charge in [-0.3, -0.25) is 0 Å². The molecule has 3 nitrogen and oxygen atoms in total. The lowest BCUT2D eigenvalue weighted by Gasteiger charge is -2.13. The molecular formula is C15H15BrFNO2. The smallest absolute Gasteiger partial charge is 0.124 e. The fourth-order valence-electron chi connectivity index (χ4n) is 1.84. The van der Waals surface area contributed by atoms with Gasteiger partial charge in [0.25, 0.3) is 0 Å². The molecule has 0 saturated carbocycles. The van der Waals surface area contributed by atoms with Crippen LogP contribution in [-0.4, -0.2) is 14.2 Å². The molecule has 20 heavy (non-hydrogen) atoms. The van der Waals surface area contributed by atoms with Gasteiger partial charge in [-0.15, -0.1) is 0 Å². The molecule has 0 aliphatic rings. The molecule has 0 unspecified atom stereocenters. The quantitative estimate of drug-likeness (QED) is 0.884. The van der Waals surface area contributed by atoms with Crippen molar-refractivity contribution in [1.82, 2.24) is 0 Å². The number of nitrogens with one attached hydrogen (secondary N) is 1. The molecule has 2 aromatic carbocycles. The summed E-state index contributed by atoms with van der Waals surface area (Å²) < 4.78 is 24.2. The van der Waals surface area contributed by atoms with Crippen LogP contribution in [0.2, 0.25) is 0 Å². The number of hydrogen-bond acceptors (Lipinski definition) is 3. The van der Waals surface area contributed by atoms with Crippen molar-refractivity contribution in [2.24, 2.45) is 0 Å². The van der Waals surface area contributed by atoms with Crippen molar-refractivity contribution in [2.45, 2.75) is 6.54 Å². The maximum atomic E-state index is 13.0. The van der Waals surface area contributed by atoms with Crippen molar-refractivity contribution < 1.29 is 13.9 Å². The third-order valence-electron chi connectivity index (χ3n) is 2.89. The van der Waals surface area contributed by atoms with Crippen LogP contribution in [0.1, 0.15) is 5.56 Å². The highest BCUT2D eigenvalue weighted by Crippen LogP contribution is 2.27. The molecule has 106 valence electrons. The Bertz CT molecular complexity index is 604. The first kappa shape index (κ1) is 14.7. The molecule has 1 N–H and O–H groups in total. The second-order valence-corrected chi connectivity index (χ2v) is 5.01. The maximum Gasteiger partial charge on any atom is 0.124 e. The second kappa shape index (κ2) is 6.61. The summed E-state index contributed by atoms with van der Waals surface area (Å²) in [7, 11) is 3.24. The number of anilines is 1. The average molecular weight is 340 g/mol. The molecule has 0 spiro atoms. The number of methoxy groups -OCH3 is 2. The van der Waals surface area contributed by atoms with Crippen molar-refractivity contribution >= 4 is 21.6 Å². The molecule has 0 radical (unpaired) electrons. The molecule has 0 aromatic heterocycles. The molecule has 0 atom stereocenters. The monoisotopic (exact) mass is 339 g/mol. The van der Waals surface area contributed by atoms with E-state index in [0.29, 0.717) is 11.0 Å². The van der Waals surface area contributed by atoms with Gasteiger partial charge in [-0.05, 0) is 52.3 Å². The van der Waals surface area contributed by atoms with E-state index in [1.807, 2.05) is 18.2 Å². The molecule has 0 amide bonds. The zero-order valence-corrected chi connectivity index (χ0v) is 12.8. The standard InChI is InChI=1S/C15H15BrFNO2/c1-19-12-4-6-15(20-2)10(7-12)9-18-14-5-3-11(17)8-13(14)16/h3-8,18H,9H2,1-2H3. The van der Waals surface area contributed by atoms with Gasteiger partial charge in [0.15, 0.2) is 0 Å². The first-order valence-corrected chi connectivity index (χ1v) is 6.83. The molecule has 0 heterocycles. The van der Waals surface area contributed by atoms with Crippen LogP contribution in [0.15, 0.2) is 40.9 Å². The van der Waals surface area contributed by atoms with Crippen molar-refractivity contribution in [3.05, 3.63) is 52.3 Å². The Labute approximate surface area is 125 Å². The van der Waals surface area contributed by atoms with Crippen LogP contribution in [0, 0.1) is 5.82 Å². The van der Waals surface area contributed by atoms with Crippen molar-refractivity contribution in [1.29, 1.82) is 0 Å². The summed E-state index contributed by atoms with van der Waals surface area (Å²) in [6.07, 6.45) is 0. The molecule has 0 bridgehead atoms. The third-order valence-corrected chi connectivity index (χ3v) is 3.54. The topological polar surface area (TPSA) is 30.5 Å². The van der Waals surface area contributed by atoms with Crippen molar-refractivity contribution in [3.8, 4) is 11.5 Å². The van der Waals surface area contributed by atoms with E-state index in [1.165, 1.54) is 12.1 Å². The summed E-state index contributed by atoms with van der Waals surface area (Å²) >= 11 is 3.33. The summed E-state index contributed by atoms with van der Waals surface area (Å²) in [6, 6.07) is 10.1. The average Bonchev–Trinajstić information content (AvgIpc) is 2.46. The molecular weight excluding hydrogens is 325 g/mol. The fourth-order valence-corrected chi connectivity index (χ4v) is 2.33. The maximum absolute atomic E-state index is 13.0. The number of hydrogen-bond donors (Lipinski definition) is 1. The summed E-state index contributed by atoms with van der Waals surface area (Å²) in [6.45, 7) is 0.546. The van der Waals surface area contributed by atoms with Crippen LogP contribution in [0.25, 0.3) is 0 Å². The van der Waals surface area contributed by atoms with Gasteiger partial charge in [0, 0.05) is 22.3 Å². The second-order valence-electron chi connectivity index (χ2n) is 4.16. The van der Waals surface area contributed by atoms with Gasteiger partial charge in [-0.2, -0.15) is 0 Å². The van der Waals surface area contributed by atoms with Crippen LogP contribution in [-0.2, 0) is 6.54 Å². The van der Waals surface area contributed by atoms with E-state index in [2.05, 4.69) is 21.2 Å². The zero-order valence-electron chi connectivity index (χ0n) is 11.2. The molecule has 0 aliphatic carbocycles. The molecule has 2 aromatic rings. The van der Waals surface area contributed by atoms with Gasteiger partial charge in [0.05, 0.1) is 14.2 Å². The zero-order chi connectivity index (χ0) is 14.5. The summed E-state index contributed by atoms with van der Waals surface area (Å²) in [5.74, 6) is 1.26. The first-order valence-electron chi connectivity index (χ1n) is 6.04. The molecule has 5 heteroatoms. The van der Waals surface area contributed by atoms with E-state index in [0.717, 1.165) is 22.7 Å². The number of halogens is 2. The number of rotatable bonds is 5. The van der Waals surface area contributed by atoms with E-state index < -0.39 is 0 Å². The largest absolute Gasteiger partial charge is 0.497 e. The SMILES string of the molecule is COc1ccc(OC)c(CNc2ccc(F)cc2Br)c1. The van der Waals surface area contributed by atoms with Gasteiger partial charge in [0.1, 0.15) is 17.3 Å². The highest BCUT2D eigenvalue weighted by Gasteiger charge is 2.06. The summed E-state index contributed by atoms with van der Waals surface area (Å²) in [5.41, 5.74) is 1.78.